The lowest BCUT2D eigenvalue weighted by molar-refractivity contribution is 0.145. The van der Waals surface area contributed by atoms with Crippen LogP contribution >= 0.6 is 0 Å². The van der Waals surface area contributed by atoms with Crippen LogP contribution in [0.4, 0.5) is 0 Å². The molecule has 2 heteroatoms. The predicted octanol–water partition coefficient (Wildman–Crippen LogP) is 5.09. The molecule has 3 rings (SSSR count). The van der Waals surface area contributed by atoms with Gasteiger partial charge < -0.3 is 9.47 Å². The first-order chi connectivity index (χ1) is 12.4. The third-order valence-corrected chi connectivity index (χ3v) is 4.32. The van der Waals surface area contributed by atoms with Crippen molar-refractivity contribution in [1.82, 2.24) is 0 Å². The molecule has 0 fully saturated rings. The molecule has 128 valence electrons. The highest BCUT2D eigenvalue weighted by molar-refractivity contribution is 5.43. The Labute approximate surface area is 150 Å². The lowest BCUT2D eigenvalue weighted by Crippen LogP contribution is -2.10. The molecule has 0 aliphatic rings. The van der Waals surface area contributed by atoms with E-state index >= 15 is 0 Å². The van der Waals surface area contributed by atoms with Gasteiger partial charge in [-0.15, -0.1) is 0 Å². The molecular formula is C23H24O2. The van der Waals surface area contributed by atoms with E-state index in [9.17, 15) is 0 Å². The number of benzene rings is 3. The summed E-state index contributed by atoms with van der Waals surface area (Å²) in [5.41, 5.74) is 3.84. The summed E-state index contributed by atoms with van der Waals surface area (Å²) in [6.45, 7) is 1.14. The molecule has 0 aliphatic heterocycles. The van der Waals surface area contributed by atoms with E-state index in [0.29, 0.717) is 13.2 Å². The van der Waals surface area contributed by atoms with Gasteiger partial charge in [-0.2, -0.15) is 0 Å². The van der Waals surface area contributed by atoms with Gasteiger partial charge in [-0.3, -0.25) is 0 Å². The molecule has 2 nitrogen and oxygen atoms in total. The maximum absolute atomic E-state index is 5.99. The van der Waals surface area contributed by atoms with Gasteiger partial charge in [0, 0.05) is 18.6 Å². The molecule has 0 aliphatic carbocycles. The molecule has 0 amide bonds. The minimum absolute atomic E-state index is 0.252. The van der Waals surface area contributed by atoms with E-state index in [1.807, 2.05) is 12.1 Å². The number of methoxy groups -OCH3 is 1. The Morgan fingerprint density at radius 2 is 1.36 bits per heavy atom. The molecule has 0 spiro atoms. The fourth-order valence-electron chi connectivity index (χ4n) is 3.08. The molecule has 0 radical (unpaired) electrons. The zero-order chi connectivity index (χ0) is 17.3. The lowest BCUT2D eigenvalue weighted by atomic mass is 9.85. The van der Waals surface area contributed by atoms with E-state index in [0.717, 1.165) is 12.2 Å². The summed E-state index contributed by atoms with van der Waals surface area (Å²) >= 11 is 0. The summed E-state index contributed by atoms with van der Waals surface area (Å²) in [6.07, 6.45) is 0.940. The van der Waals surface area contributed by atoms with Gasteiger partial charge in [-0.05, 0) is 23.6 Å². The predicted molar refractivity (Wildman–Crippen MR) is 102 cm³/mol. The molecule has 0 saturated carbocycles. The van der Waals surface area contributed by atoms with Gasteiger partial charge in [0.15, 0.2) is 0 Å². The Kier molecular flexibility index (Phi) is 6.24. The van der Waals surface area contributed by atoms with Crippen LogP contribution in [0.5, 0.6) is 5.75 Å². The van der Waals surface area contributed by atoms with Crippen molar-refractivity contribution in [2.24, 2.45) is 0 Å². The standard InChI is InChI=1S/C23H24O2/c1-24-16-17-25-23-15-9-8-14-21(23)22(20-12-6-3-7-13-20)18-19-10-4-2-5-11-19/h2-15,22H,16-18H2,1H3. The van der Waals surface area contributed by atoms with Crippen LogP contribution in [0.25, 0.3) is 0 Å². The number of hydrogen-bond acceptors (Lipinski definition) is 2. The van der Waals surface area contributed by atoms with Gasteiger partial charge in [0.2, 0.25) is 0 Å². The molecular weight excluding hydrogens is 308 g/mol. The summed E-state index contributed by atoms with van der Waals surface area (Å²) in [6, 6.07) is 29.6. The zero-order valence-electron chi connectivity index (χ0n) is 14.6. The van der Waals surface area contributed by atoms with Gasteiger partial charge >= 0.3 is 0 Å². The first-order valence-corrected chi connectivity index (χ1v) is 8.68. The second-order valence-electron chi connectivity index (χ2n) is 6.03. The lowest BCUT2D eigenvalue weighted by Gasteiger charge is -2.21. The van der Waals surface area contributed by atoms with Crippen LogP contribution in [-0.2, 0) is 11.2 Å². The van der Waals surface area contributed by atoms with Gasteiger partial charge in [0.05, 0.1) is 6.61 Å². The van der Waals surface area contributed by atoms with Crippen LogP contribution in [0.1, 0.15) is 22.6 Å². The normalized spacial score (nSPS) is 11.9. The van der Waals surface area contributed by atoms with E-state index < -0.39 is 0 Å². The summed E-state index contributed by atoms with van der Waals surface area (Å²) in [7, 11) is 1.69. The average molecular weight is 332 g/mol. The molecule has 0 aromatic heterocycles. The summed E-state index contributed by atoms with van der Waals surface area (Å²) in [5, 5.41) is 0. The van der Waals surface area contributed by atoms with E-state index in [-0.39, 0.29) is 5.92 Å². The maximum Gasteiger partial charge on any atom is 0.123 e. The molecule has 0 heterocycles. The second kappa shape index (κ2) is 9.05. The highest BCUT2D eigenvalue weighted by atomic mass is 16.5. The number of hydrogen-bond donors (Lipinski definition) is 0. The van der Waals surface area contributed by atoms with Gasteiger partial charge in [0.25, 0.3) is 0 Å². The van der Waals surface area contributed by atoms with Gasteiger partial charge in [-0.25, -0.2) is 0 Å². The van der Waals surface area contributed by atoms with Crippen molar-refractivity contribution < 1.29 is 9.47 Å². The number of ether oxygens (including phenoxy) is 2. The van der Waals surface area contributed by atoms with Gasteiger partial charge in [0.1, 0.15) is 12.4 Å². The largest absolute Gasteiger partial charge is 0.491 e. The number of rotatable bonds is 8. The van der Waals surface area contributed by atoms with E-state index in [4.69, 9.17) is 9.47 Å². The van der Waals surface area contributed by atoms with Crippen molar-refractivity contribution in [2.75, 3.05) is 20.3 Å². The molecule has 25 heavy (non-hydrogen) atoms. The van der Waals surface area contributed by atoms with Crippen molar-refractivity contribution >= 4 is 0 Å². The monoisotopic (exact) mass is 332 g/mol. The molecule has 3 aromatic carbocycles. The van der Waals surface area contributed by atoms with Gasteiger partial charge in [-0.1, -0.05) is 78.9 Å². The second-order valence-corrected chi connectivity index (χ2v) is 6.03. The van der Waals surface area contributed by atoms with Crippen molar-refractivity contribution in [3.63, 3.8) is 0 Å². The van der Waals surface area contributed by atoms with Crippen LogP contribution < -0.4 is 4.74 Å². The van der Waals surface area contributed by atoms with E-state index in [2.05, 4.69) is 72.8 Å². The quantitative estimate of drug-likeness (QED) is 0.535. The molecule has 3 aromatic rings. The van der Waals surface area contributed by atoms with Crippen LogP contribution in [0, 0.1) is 0 Å². The molecule has 0 bridgehead atoms. The maximum atomic E-state index is 5.99. The third kappa shape index (κ3) is 4.71. The van der Waals surface area contributed by atoms with Crippen molar-refractivity contribution in [2.45, 2.75) is 12.3 Å². The minimum Gasteiger partial charge on any atom is -0.491 e. The van der Waals surface area contributed by atoms with Crippen LogP contribution in [-0.4, -0.2) is 20.3 Å². The molecule has 1 atom stereocenters. The zero-order valence-corrected chi connectivity index (χ0v) is 14.6. The highest BCUT2D eigenvalue weighted by Crippen LogP contribution is 2.34. The Balaban J connectivity index is 1.94. The fraction of sp³-hybridized carbons (Fsp3) is 0.217. The molecule has 0 saturated heterocycles. The van der Waals surface area contributed by atoms with Crippen molar-refractivity contribution in [3.8, 4) is 5.75 Å². The van der Waals surface area contributed by atoms with Crippen LogP contribution in [0.3, 0.4) is 0 Å². The van der Waals surface area contributed by atoms with E-state index in [1.165, 1.54) is 16.7 Å². The SMILES string of the molecule is COCCOc1ccccc1C(Cc1ccccc1)c1ccccc1. The molecule has 0 N–H and O–H groups in total. The van der Waals surface area contributed by atoms with Crippen LogP contribution in [0.2, 0.25) is 0 Å². The third-order valence-electron chi connectivity index (χ3n) is 4.32. The van der Waals surface area contributed by atoms with Crippen molar-refractivity contribution in [3.05, 3.63) is 102 Å². The van der Waals surface area contributed by atoms with Crippen LogP contribution in [0.15, 0.2) is 84.9 Å². The van der Waals surface area contributed by atoms with E-state index in [1.54, 1.807) is 7.11 Å². The smallest absolute Gasteiger partial charge is 0.123 e. The Morgan fingerprint density at radius 1 is 0.720 bits per heavy atom. The number of para-hydroxylation sites is 1. The Bertz CT molecular complexity index is 753. The first kappa shape index (κ1) is 17.2. The highest BCUT2D eigenvalue weighted by Gasteiger charge is 2.18. The minimum atomic E-state index is 0.252. The van der Waals surface area contributed by atoms with Crippen molar-refractivity contribution in [1.29, 1.82) is 0 Å². The summed E-state index contributed by atoms with van der Waals surface area (Å²) in [4.78, 5) is 0. The Morgan fingerprint density at radius 3 is 2.08 bits per heavy atom. The molecule has 1 unspecified atom stereocenters. The first-order valence-electron chi connectivity index (χ1n) is 8.68. The topological polar surface area (TPSA) is 18.5 Å². The summed E-state index contributed by atoms with van der Waals surface area (Å²) < 4.78 is 11.1. The summed E-state index contributed by atoms with van der Waals surface area (Å²) in [5.74, 6) is 1.19. The Hall–Kier alpha value is -2.58. The average Bonchev–Trinajstić information content (AvgIpc) is 2.68. The fourth-order valence-corrected chi connectivity index (χ4v) is 3.08.